The van der Waals surface area contributed by atoms with Crippen LogP contribution in [-0.4, -0.2) is 37.8 Å². The highest BCUT2D eigenvalue weighted by Crippen LogP contribution is 2.32. The SMILES string of the molecule is CSCCC(C)N(C)S(=O)(=O)c1cc(Cl)cc(CCl)c1Cl. The van der Waals surface area contributed by atoms with Crippen molar-refractivity contribution in [2.45, 2.75) is 30.2 Å². The van der Waals surface area contributed by atoms with Gasteiger partial charge >= 0.3 is 0 Å². The Hall–Kier alpha value is 0.350. The molecule has 0 amide bonds. The zero-order valence-corrected chi connectivity index (χ0v) is 16.0. The minimum atomic E-state index is -3.71. The number of nitrogens with zero attached hydrogens (tertiary/aromatic N) is 1. The maximum Gasteiger partial charge on any atom is 0.244 e. The first kappa shape index (κ1) is 19.4. The lowest BCUT2D eigenvalue weighted by molar-refractivity contribution is 0.382. The Morgan fingerprint density at radius 1 is 1.33 bits per heavy atom. The lowest BCUT2D eigenvalue weighted by Gasteiger charge is -2.25. The Kier molecular flexibility index (Phi) is 7.64. The van der Waals surface area contributed by atoms with Crippen molar-refractivity contribution in [1.29, 1.82) is 0 Å². The van der Waals surface area contributed by atoms with Gasteiger partial charge in [0.2, 0.25) is 10.0 Å². The van der Waals surface area contributed by atoms with Gasteiger partial charge in [0.15, 0.2) is 0 Å². The molecule has 0 radical (unpaired) electrons. The standard InChI is InChI=1S/C13H18Cl3NO2S2/c1-9(4-5-20-3)17(2)21(18,19)12-7-11(15)6-10(8-14)13(12)16/h6-7,9H,4-5,8H2,1-3H3. The minimum Gasteiger partial charge on any atom is -0.207 e. The van der Waals surface area contributed by atoms with Gasteiger partial charge in [0.05, 0.1) is 5.02 Å². The predicted molar refractivity (Wildman–Crippen MR) is 93.4 cm³/mol. The molecule has 0 bridgehead atoms. The van der Waals surface area contributed by atoms with E-state index in [9.17, 15) is 8.42 Å². The number of thioether (sulfide) groups is 1. The van der Waals surface area contributed by atoms with Crippen LogP contribution in [-0.2, 0) is 15.9 Å². The van der Waals surface area contributed by atoms with Crippen LogP contribution in [0.1, 0.15) is 18.9 Å². The van der Waals surface area contributed by atoms with Crippen LogP contribution in [0.3, 0.4) is 0 Å². The summed E-state index contributed by atoms with van der Waals surface area (Å²) in [7, 11) is -2.15. The van der Waals surface area contributed by atoms with Crippen LogP contribution < -0.4 is 0 Å². The smallest absolute Gasteiger partial charge is 0.207 e. The van der Waals surface area contributed by atoms with Gasteiger partial charge in [-0.2, -0.15) is 16.1 Å². The third-order valence-electron chi connectivity index (χ3n) is 3.24. The number of sulfonamides is 1. The van der Waals surface area contributed by atoms with Crippen LogP contribution in [0.2, 0.25) is 10.0 Å². The van der Waals surface area contributed by atoms with E-state index in [4.69, 9.17) is 34.8 Å². The topological polar surface area (TPSA) is 37.4 Å². The Morgan fingerprint density at radius 2 is 1.95 bits per heavy atom. The molecule has 0 saturated carbocycles. The molecule has 0 N–H and O–H groups in total. The molecule has 120 valence electrons. The van der Waals surface area contributed by atoms with E-state index in [1.165, 1.54) is 10.4 Å². The van der Waals surface area contributed by atoms with E-state index in [0.29, 0.717) is 10.6 Å². The highest BCUT2D eigenvalue weighted by molar-refractivity contribution is 7.98. The Morgan fingerprint density at radius 3 is 2.48 bits per heavy atom. The number of alkyl halides is 1. The van der Waals surface area contributed by atoms with Crippen LogP contribution in [0.15, 0.2) is 17.0 Å². The molecule has 0 aliphatic carbocycles. The van der Waals surface area contributed by atoms with Crippen molar-refractivity contribution in [3.05, 3.63) is 27.7 Å². The fourth-order valence-corrected chi connectivity index (χ4v) is 4.92. The van der Waals surface area contributed by atoms with Gasteiger partial charge < -0.3 is 0 Å². The summed E-state index contributed by atoms with van der Waals surface area (Å²) < 4.78 is 26.8. The molecule has 1 aromatic carbocycles. The van der Waals surface area contributed by atoms with E-state index in [0.717, 1.165) is 12.2 Å². The summed E-state index contributed by atoms with van der Waals surface area (Å²) in [6.45, 7) is 1.87. The summed E-state index contributed by atoms with van der Waals surface area (Å²) in [5, 5.41) is 0.442. The van der Waals surface area contributed by atoms with Gasteiger partial charge in [-0.1, -0.05) is 23.2 Å². The summed E-state index contributed by atoms with van der Waals surface area (Å²) >= 11 is 19.6. The molecule has 21 heavy (non-hydrogen) atoms. The van der Waals surface area contributed by atoms with E-state index in [2.05, 4.69) is 0 Å². The molecular weight excluding hydrogens is 373 g/mol. The summed E-state index contributed by atoms with van der Waals surface area (Å²) in [5.41, 5.74) is 0.509. The van der Waals surface area contributed by atoms with Crippen molar-refractivity contribution < 1.29 is 8.42 Å². The average molecular weight is 391 g/mol. The summed E-state index contributed by atoms with van der Waals surface area (Å²) in [4.78, 5) is 0.00539. The molecule has 0 saturated heterocycles. The second kappa shape index (κ2) is 8.27. The maximum absolute atomic E-state index is 12.7. The van der Waals surface area contributed by atoms with E-state index in [1.807, 2.05) is 13.2 Å². The predicted octanol–water partition coefficient (Wildman–Crippen LogP) is 4.49. The quantitative estimate of drug-likeness (QED) is 0.643. The third-order valence-corrected chi connectivity index (χ3v) is 6.95. The molecule has 0 aliphatic rings. The highest BCUT2D eigenvalue weighted by Gasteiger charge is 2.28. The lowest BCUT2D eigenvalue weighted by Crippen LogP contribution is -2.35. The Bertz CT molecular complexity index is 593. The van der Waals surface area contributed by atoms with Crippen molar-refractivity contribution in [3.8, 4) is 0 Å². The van der Waals surface area contributed by atoms with Gasteiger partial charge in [0, 0.05) is 24.0 Å². The van der Waals surface area contributed by atoms with Crippen molar-refractivity contribution in [2.75, 3.05) is 19.1 Å². The summed E-state index contributed by atoms with van der Waals surface area (Å²) in [6, 6.07) is 2.82. The van der Waals surface area contributed by atoms with Crippen LogP contribution in [0, 0.1) is 0 Å². The first-order valence-electron chi connectivity index (χ1n) is 6.26. The summed E-state index contributed by atoms with van der Waals surface area (Å²) in [6.07, 6.45) is 2.75. The number of hydrogen-bond acceptors (Lipinski definition) is 3. The van der Waals surface area contributed by atoms with E-state index < -0.39 is 10.0 Å². The fraction of sp³-hybridized carbons (Fsp3) is 0.538. The number of benzene rings is 1. The minimum absolute atomic E-state index is 0.00539. The molecule has 0 spiro atoms. The first-order chi connectivity index (χ1) is 9.75. The molecule has 0 fully saturated rings. The molecule has 0 heterocycles. The number of hydrogen-bond donors (Lipinski definition) is 0. The maximum atomic E-state index is 12.7. The van der Waals surface area contributed by atoms with Crippen LogP contribution in [0.25, 0.3) is 0 Å². The van der Waals surface area contributed by atoms with Crippen LogP contribution in [0.5, 0.6) is 0 Å². The Balaban J connectivity index is 3.21. The summed E-state index contributed by atoms with van der Waals surface area (Å²) in [5.74, 6) is 0.991. The van der Waals surface area contributed by atoms with Gasteiger partial charge in [-0.3, -0.25) is 0 Å². The van der Waals surface area contributed by atoms with Crippen molar-refractivity contribution >= 4 is 56.6 Å². The van der Waals surface area contributed by atoms with Crippen molar-refractivity contribution in [1.82, 2.24) is 4.31 Å². The molecule has 1 unspecified atom stereocenters. The first-order valence-corrected chi connectivity index (χ1v) is 10.4. The molecule has 8 heteroatoms. The zero-order valence-electron chi connectivity index (χ0n) is 12.1. The Labute approximate surface area is 146 Å². The monoisotopic (exact) mass is 389 g/mol. The molecule has 1 rings (SSSR count). The van der Waals surface area contributed by atoms with Gasteiger partial charge in [-0.05, 0) is 43.0 Å². The van der Waals surface area contributed by atoms with Crippen molar-refractivity contribution in [2.24, 2.45) is 0 Å². The van der Waals surface area contributed by atoms with Gasteiger partial charge in [0.1, 0.15) is 4.90 Å². The lowest BCUT2D eigenvalue weighted by atomic mass is 10.2. The van der Waals surface area contributed by atoms with Gasteiger partial charge in [0.25, 0.3) is 0 Å². The average Bonchev–Trinajstić information content (AvgIpc) is 2.45. The molecule has 0 aromatic heterocycles. The van der Waals surface area contributed by atoms with Gasteiger partial charge in [-0.25, -0.2) is 8.42 Å². The third kappa shape index (κ3) is 4.66. The fourth-order valence-electron chi connectivity index (χ4n) is 1.77. The van der Waals surface area contributed by atoms with Crippen molar-refractivity contribution in [3.63, 3.8) is 0 Å². The van der Waals surface area contributed by atoms with Gasteiger partial charge in [-0.15, -0.1) is 11.6 Å². The van der Waals surface area contributed by atoms with E-state index in [-0.39, 0.29) is 21.8 Å². The molecule has 0 aliphatic heterocycles. The normalized spacial score (nSPS) is 13.7. The molecular formula is C13H18Cl3NO2S2. The number of rotatable bonds is 7. The second-order valence-corrected chi connectivity index (χ2v) is 8.70. The van der Waals surface area contributed by atoms with E-state index >= 15 is 0 Å². The largest absolute Gasteiger partial charge is 0.244 e. The highest BCUT2D eigenvalue weighted by atomic mass is 35.5. The van der Waals surface area contributed by atoms with Crippen LogP contribution in [0.4, 0.5) is 0 Å². The zero-order chi connectivity index (χ0) is 16.2. The molecule has 3 nitrogen and oxygen atoms in total. The van der Waals surface area contributed by atoms with E-state index in [1.54, 1.807) is 24.9 Å². The molecule has 1 aromatic rings. The number of halogens is 3. The van der Waals surface area contributed by atoms with Crippen LogP contribution >= 0.6 is 46.6 Å². The molecule has 1 atom stereocenters. The second-order valence-electron chi connectivity index (χ2n) is 4.66.